The highest BCUT2D eigenvalue weighted by molar-refractivity contribution is 5.89. The van der Waals surface area contributed by atoms with Gasteiger partial charge >= 0.3 is 12.1 Å². The van der Waals surface area contributed by atoms with Crippen molar-refractivity contribution >= 4 is 23.9 Å². The number of carboxylic acids is 1. The Hall–Kier alpha value is -3.65. The number of amides is 3. The van der Waals surface area contributed by atoms with Crippen LogP contribution in [0, 0.1) is 17.2 Å². The monoisotopic (exact) mass is 551 g/mol. The van der Waals surface area contributed by atoms with Crippen LogP contribution in [0.5, 0.6) is 0 Å². The molecule has 11 nitrogen and oxygen atoms in total. The second-order valence-electron chi connectivity index (χ2n) is 12.6. The highest BCUT2D eigenvalue weighted by atomic mass is 16.6. The van der Waals surface area contributed by atoms with Crippen molar-refractivity contribution in [3.8, 4) is 6.07 Å². The maximum absolute atomic E-state index is 13.7. The molecule has 0 radical (unpaired) electrons. The summed E-state index contributed by atoms with van der Waals surface area (Å²) in [5.41, 5.74) is 1.47. The summed E-state index contributed by atoms with van der Waals surface area (Å²) in [6, 6.07) is 5.28. The fourth-order valence-corrected chi connectivity index (χ4v) is 6.80. The smallest absolute Gasteiger partial charge is 0.408 e. The van der Waals surface area contributed by atoms with Crippen LogP contribution < -0.4 is 5.32 Å². The third kappa shape index (κ3) is 5.24. The first-order chi connectivity index (χ1) is 18.9. The lowest BCUT2D eigenvalue weighted by molar-refractivity contribution is -0.141. The summed E-state index contributed by atoms with van der Waals surface area (Å²) in [5.74, 6) is -1.14. The van der Waals surface area contributed by atoms with Gasteiger partial charge in [0, 0.05) is 25.7 Å². The number of nitrogens with zero attached hydrogens (tertiary/aromatic N) is 4. The minimum absolute atomic E-state index is 0.00965. The minimum atomic E-state index is -0.966. The van der Waals surface area contributed by atoms with Crippen LogP contribution in [0.3, 0.4) is 0 Å². The number of carbonyl (C=O) groups excluding carboxylic acids is 3. The van der Waals surface area contributed by atoms with Gasteiger partial charge in [-0.3, -0.25) is 14.5 Å². The molecular formula is C29H37N5O6. The van der Waals surface area contributed by atoms with Gasteiger partial charge in [-0.2, -0.15) is 5.26 Å². The van der Waals surface area contributed by atoms with E-state index in [2.05, 4.69) is 11.4 Å². The molecule has 2 N–H and O–H groups in total. The quantitative estimate of drug-likeness (QED) is 0.548. The average Bonchev–Trinajstić information content (AvgIpc) is 3.63. The van der Waals surface area contributed by atoms with E-state index in [4.69, 9.17) is 4.74 Å². The maximum Gasteiger partial charge on any atom is 0.408 e. The van der Waals surface area contributed by atoms with Crippen LogP contribution in [-0.2, 0) is 20.7 Å². The zero-order valence-corrected chi connectivity index (χ0v) is 23.4. The van der Waals surface area contributed by atoms with E-state index in [0.29, 0.717) is 25.9 Å². The standard InChI is InChI=1S/C29H37N5O6/c1-16-9-19(12-30)33(13-16)25(35)22(31-28(39)40-29(2,3)4)15-32-14-20-11-24(32)26(36)34(20)23-8-6-17-10-18(27(37)38)5-7-21(17)23/h5,7,10,16,19-20,22-24H,6,8-9,11,13-15H2,1-4H3,(H,31,39)(H,37,38)/t16?,19?,20-,22?,23-,24?/m0/s1. The number of likely N-dealkylation sites (tertiary alicyclic amines) is 3. The van der Waals surface area contributed by atoms with Crippen LogP contribution in [-0.4, -0.2) is 93.1 Å². The largest absolute Gasteiger partial charge is 0.478 e. The molecule has 5 rings (SSSR count). The first-order valence-corrected chi connectivity index (χ1v) is 14.0. The fourth-order valence-electron chi connectivity index (χ4n) is 6.80. The number of alkyl carbamates (subject to hydrolysis) is 1. The molecule has 40 heavy (non-hydrogen) atoms. The van der Waals surface area contributed by atoms with Gasteiger partial charge in [-0.05, 0) is 75.6 Å². The van der Waals surface area contributed by atoms with Crippen molar-refractivity contribution < 1.29 is 29.0 Å². The Labute approximate surface area is 234 Å². The second kappa shape index (κ2) is 10.4. The van der Waals surface area contributed by atoms with E-state index in [0.717, 1.165) is 24.0 Å². The zero-order chi connectivity index (χ0) is 28.9. The van der Waals surface area contributed by atoms with Crippen molar-refractivity contribution in [2.24, 2.45) is 5.92 Å². The summed E-state index contributed by atoms with van der Waals surface area (Å²) in [6.07, 6.45) is 1.97. The molecule has 1 aromatic rings. The Morgan fingerprint density at radius 3 is 2.60 bits per heavy atom. The molecule has 1 aromatic carbocycles. The maximum atomic E-state index is 13.7. The molecule has 214 valence electrons. The Morgan fingerprint density at radius 2 is 1.95 bits per heavy atom. The van der Waals surface area contributed by atoms with Gasteiger partial charge < -0.3 is 25.0 Å². The Balaban J connectivity index is 1.31. The number of aryl methyl sites for hydroxylation is 1. The number of carbonyl (C=O) groups is 4. The van der Waals surface area contributed by atoms with Gasteiger partial charge in [0.25, 0.3) is 0 Å². The molecule has 0 saturated carbocycles. The molecule has 2 bridgehead atoms. The van der Waals surface area contributed by atoms with Crippen molar-refractivity contribution in [2.45, 2.75) is 89.2 Å². The van der Waals surface area contributed by atoms with E-state index in [9.17, 15) is 29.5 Å². The molecule has 0 aromatic heterocycles. The number of benzene rings is 1. The highest BCUT2D eigenvalue weighted by Crippen LogP contribution is 2.44. The third-order valence-corrected chi connectivity index (χ3v) is 8.43. The van der Waals surface area contributed by atoms with Crippen molar-refractivity contribution in [1.29, 1.82) is 5.26 Å². The number of hydrogen-bond acceptors (Lipinski definition) is 7. The number of hydrogen-bond donors (Lipinski definition) is 2. The van der Waals surface area contributed by atoms with Crippen LogP contribution in [0.1, 0.15) is 74.5 Å². The predicted octanol–water partition coefficient (Wildman–Crippen LogP) is 2.31. The number of carboxylic acid groups (broad SMARTS) is 1. The number of rotatable bonds is 6. The fraction of sp³-hybridized carbons (Fsp3) is 0.621. The molecule has 6 atom stereocenters. The van der Waals surface area contributed by atoms with E-state index >= 15 is 0 Å². The number of aromatic carboxylic acids is 1. The lowest BCUT2D eigenvalue weighted by Crippen LogP contribution is -2.59. The topological polar surface area (TPSA) is 143 Å². The van der Waals surface area contributed by atoms with Gasteiger partial charge in [0.05, 0.1) is 23.7 Å². The molecule has 4 unspecified atom stereocenters. The summed E-state index contributed by atoms with van der Waals surface area (Å²) < 4.78 is 5.43. The van der Waals surface area contributed by atoms with Crippen LogP contribution in [0.4, 0.5) is 4.79 Å². The predicted molar refractivity (Wildman–Crippen MR) is 143 cm³/mol. The molecule has 3 amide bonds. The number of nitrogens with one attached hydrogen (secondary N) is 1. The lowest BCUT2D eigenvalue weighted by atomic mass is 10.0. The zero-order valence-electron chi connectivity index (χ0n) is 23.4. The minimum Gasteiger partial charge on any atom is -0.478 e. The van der Waals surface area contributed by atoms with E-state index in [1.165, 1.54) is 4.90 Å². The van der Waals surface area contributed by atoms with Gasteiger partial charge in [-0.1, -0.05) is 13.0 Å². The van der Waals surface area contributed by atoms with Gasteiger partial charge in [-0.25, -0.2) is 9.59 Å². The van der Waals surface area contributed by atoms with Gasteiger partial charge in [-0.15, -0.1) is 0 Å². The van der Waals surface area contributed by atoms with Gasteiger partial charge in [0.15, 0.2) is 0 Å². The van der Waals surface area contributed by atoms with Crippen LogP contribution in [0.2, 0.25) is 0 Å². The van der Waals surface area contributed by atoms with Crippen LogP contribution in [0.15, 0.2) is 18.2 Å². The highest BCUT2D eigenvalue weighted by Gasteiger charge is 2.53. The summed E-state index contributed by atoms with van der Waals surface area (Å²) >= 11 is 0. The van der Waals surface area contributed by atoms with E-state index in [1.807, 2.05) is 22.8 Å². The van der Waals surface area contributed by atoms with Crippen LogP contribution in [0.25, 0.3) is 0 Å². The van der Waals surface area contributed by atoms with E-state index in [1.54, 1.807) is 32.9 Å². The Bertz CT molecular complexity index is 1270. The van der Waals surface area contributed by atoms with Crippen molar-refractivity contribution in [2.75, 3.05) is 19.6 Å². The third-order valence-electron chi connectivity index (χ3n) is 8.43. The number of piperazine rings is 1. The summed E-state index contributed by atoms with van der Waals surface area (Å²) in [6.45, 7) is 8.37. The van der Waals surface area contributed by atoms with Crippen molar-refractivity contribution in [3.63, 3.8) is 0 Å². The average molecular weight is 552 g/mol. The summed E-state index contributed by atoms with van der Waals surface area (Å²) in [7, 11) is 0. The Morgan fingerprint density at radius 1 is 1.20 bits per heavy atom. The van der Waals surface area contributed by atoms with Crippen molar-refractivity contribution in [3.05, 3.63) is 34.9 Å². The van der Waals surface area contributed by atoms with Gasteiger partial charge in [0.2, 0.25) is 11.8 Å². The Kier molecular flexibility index (Phi) is 7.25. The molecule has 11 heteroatoms. The molecule has 4 aliphatic rings. The summed E-state index contributed by atoms with van der Waals surface area (Å²) in [4.78, 5) is 56.9. The SMILES string of the molecule is CC1CC(C#N)N(C(=O)C(CN2C[C@@H]3CC2C(=O)N3[C@H]2CCc3cc(C(=O)O)ccc32)NC(=O)OC(C)(C)C)C1. The second-order valence-corrected chi connectivity index (χ2v) is 12.6. The number of nitriles is 1. The summed E-state index contributed by atoms with van der Waals surface area (Å²) in [5, 5.41) is 21.7. The first kappa shape index (κ1) is 27.9. The molecule has 3 aliphatic heterocycles. The molecular weight excluding hydrogens is 514 g/mol. The van der Waals surface area contributed by atoms with Crippen LogP contribution >= 0.6 is 0 Å². The lowest BCUT2D eigenvalue weighted by Gasteiger charge is -2.39. The van der Waals surface area contributed by atoms with E-state index in [-0.39, 0.29) is 41.9 Å². The van der Waals surface area contributed by atoms with E-state index < -0.39 is 35.8 Å². The van der Waals surface area contributed by atoms with Gasteiger partial charge in [0.1, 0.15) is 17.7 Å². The number of fused-ring (bicyclic) bond motifs is 3. The first-order valence-electron chi connectivity index (χ1n) is 14.0. The molecule has 3 heterocycles. The number of ether oxygens (including phenoxy) is 1. The van der Waals surface area contributed by atoms with Crippen molar-refractivity contribution in [1.82, 2.24) is 20.0 Å². The molecule has 0 spiro atoms. The molecule has 3 fully saturated rings. The molecule has 1 aliphatic carbocycles. The molecule has 3 saturated heterocycles. The normalized spacial score (nSPS) is 28.4.